The number of benzene rings is 1. The van der Waals surface area contributed by atoms with Crippen molar-refractivity contribution >= 4 is 27.0 Å². The summed E-state index contributed by atoms with van der Waals surface area (Å²) in [5.74, 6) is 1.80. The first-order valence-electron chi connectivity index (χ1n) is 6.57. The first kappa shape index (κ1) is 13.6. The summed E-state index contributed by atoms with van der Waals surface area (Å²) in [7, 11) is 0. The fourth-order valence-electron chi connectivity index (χ4n) is 2.28. The maximum absolute atomic E-state index is 5.62. The zero-order chi connectivity index (χ0) is 13.0. The quantitative estimate of drug-likeness (QED) is 0.856. The molecule has 0 aliphatic heterocycles. The molecule has 18 heavy (non-hydrogen) atoms. The highest BCUT2D eigenvalue weighted by Crippen LogP contribution is 2.20. The number of halogens is 1. The van der Waals surface area contributed by atoms with Gasteiger partial charge in [-0.15, -0.1) is 0 Å². The molecule has 3 N–H and O–H groups in total. The van der Waals surface area contributed by atoms with Crippen LogP contribution in [0.15, 0.2) is 22.7 Å². The van der Waals surface area contributed by atoms with Crippen LogP contribution in [0, 0.1) is 5.92 Å². The van der Waals surface area contributed by atoms with Gasteiger partial charge in [-0.1, -0.05) is 29.3 Å². The Morgan fingerprint density at radius 3 is 2.94 bits per heavy atom. The first-order valence-corrected chi connectivity index (χ1v) is 7.36. The molecule has 0 amide bonds. The van der Waals surface area contributed by atoms with Crippen LogP contribution in [-0.2, 0) is 6.42 Å². The summed E-state index contributed by atoms with van der Waals surface area (Å²) in [5.41, 5.74) is 7.77. The first-order chi connectivity index (χ1) is 8.72. The molecule has 2 aromatic rings. The van der Waals surface area contributed by atoms with E-state index in [4.69, 9.17) is 5.73 Å². The van der Waals surface area contributed by atoms with Crippen LogP contribution in [0.1, 0.15) is 32.0 Å². The van der Waals surface area contributed by atoms with E-state index in [2.05, 4.69) is 38.9 Å². The number of fused-ring (bicyclic) bond motifs is 1. The number of nitrogens with two attached hydrogens (primary N) is 1. The number of aromatic amines is 1. The van der Waals surface area contributed by atoms with Gasteiger partial charge < -0.3 is 10.7 Å². The molecule has 1 unspecified atom stereocenters. The number of H-pyrrole nitrogens is 1. The lowest BCUT2D eigenvalue weighted by Gasteiger charge is -2.11. The van der Waals surface area contributed by atoms with Crippen LogP contribution in [0.25, 0.3) is 11.0 Å². The van der Waals surface area contributed by atoms with Gasteiger partial charge >= 0.3 is 0 Å². The van der Waals surface area contributed by atoms with Crippen LogP contribution in [0.4, 0.5) is 0 Å². The monoisotopic (exact) mass is 309 g/mol. The summed E-state index contributed by atoms with van der Waals surface area (Å²) in [5, 5.41) is 0. The molecule has 0 radical (unpaired) electrons. The lowest BCUT2D eigenvalue weighted by Crippen LogP contribution is -2.09. The minimum absolute atomic E-state index is 0.718. The van der Waals surface area contributed by atoms with Crippen molar-refractivity contribution in [2.24, 2.45) is 11.7 Å². The van der Waals surface area contributed by atoms with Gasteiger partial charge in [0.1, 0.15) is 5.82 Å². The Bertz CT molecular complexity index is 507. The van der Waals surface area contributed by atoms with Crippen LogP contribution in [0.2, 0.25) is 0 Å². The number of rotatable bonds is 6. The number of aryl methyl sites for hydroxylation is 1. The van der Waals surface area contributed by atoms with Crippen LogP contribution in [-0.4, -0.2) is 16.5 Å². The number of nitrogens with one attached hydrogen (secondary N) is 1. The molecule has 0 saturated carbocycles. The van der Waals surface area contributed by atoms with E-state index in [1.165, 1.54) is 6.42 Å². The SMILES string of the molecule is CCC(CCN)CCc1nc2ccc(Br)cc2[nH]1. The number of imidazole rings is 1. The minimum Gasteiger partial charge on any atom is -0.342 e. The van der Waals surface area contributed by atoms with Gasteiger partial charge in [-0.2, -0.15) is 0 Å². The van der Waals surface area contributed by atoms with Gasteiger partial charge in [0.15, 0.2) is 0 Å². The van der Waals surface area contributed by atoms with Gasteiger partial charge in [0, 0.05) is 10.9 Å². The third kappa shape index (κ3) is 3.33. The number of nitrogens with zero attached hydrogens (tertiary/aromatic N) is 1. The average molecular weight is 310 g/mol. The predicted molar refractivity (Wildman–Crippen MR) is 79.6 cm³/mol. The molecule has 0 saturated heterocycles. The zero-order valence-corrected chi connectivity index (χ0v) is 12.3. The van der Waals surface area contributed by atoms with Gasteiger partial charge in [-0.3, -0.25) is 0 Å². The Morgan fingerprint density at radius 2 is 2.22 bits per heavy atom. The standard InChI is InChI=1S/C14H20BrN3/c1-2-10(7-8-16)3-6-14-17-12-5-4-11(15)9-13(12)18-14/h4-5,9-10H,2-3,6-8,16H2,1H3,(H,17,18). The lowest BCUT2D eigenvalue weighted by atomic mass is 9.96. The molecule has 4 heteroatoms. The Labute approximate surface area is 116 Å². The average Bonchev–Trinajstić information content (AvgIpc) is 2.76. The van der Waals surface area contributed by atoms with Crippen molar-refractivity contribution in [3.63, 3.8) is 0 Å². The summed E-state index contributed by atoms with van der Waals surface area (Å²) in [6.07, 6.45) is 4.48. The second-order valence-electron chi connectivity index (χ2n) is 4.74. The molecule has 1 atom stereocenters. The summed E-state index contributed by atoms with van der Waals surface area (Å²) >= 11 is 3.47. The lowest BCUT2D eigenvalue weighted by molar-refractivity contribution is 0.440. The maximum Gasteiger partial charge on any atom is 0.107 e. The molecule has 0 spiro atoms. The van der Waals surface area contributed by atoms with E-state index < -0.39 is 0 Å². The molecule has 1 aromatic heterocycles. The van der Waals surface area contributed by atoms with Crippen molar-refractivity contribution in [1.82, 2.24) is 9.97 Å². The third-order valence-electron chi connectivity index (χ3n) is 3.43. The molecule has 0 fully saturated rings. The summed E-state index contributed by atoms with van der Waals surface area (Å²) in [6, 6.07) is 6.13. The molecular weight excluding hydrogens is 290 g/mol. The molecule has 0 bridgehead atoms. The topological polar surface area (TPSA) is 54.7 Å². The van der Waals surface area contributed by atoms with Gasteiger partial charge in [0.25, 0.3) is 0 Å². The Hall–Kier alpha value is -0.870. The maximum atomic E-state index is 5.62. The Balaban J connectivity index is 2.03. The van der Waals surface area contributed by atoms with Crippen LogP contribution in [0.3, 0.4) is 0 Å². The smallest absolute Gasteiger partial charge is 0.107 e. The molecule has 2 rings (SSSR count). The highest BCUT2D eigenvalue weighted by molar-refractivity contribution is 9.10. The van der Waals surface area contributed by atoms with Gasteiger partial charge in [0.05, 0.1) is 11.0 Å². The Morgan fingerprint density at radius 1 is 1.39 bits per heavy atom. The molecular formula is C14H20BrN3. The minimum atomic E-state index is 0.718. The van der Waals surface area contributed by atoms with E-state index in [0.29, 0.717) is 0 Å². The summed E-state index contributed by atoms with van der Waals surface area (Å²) in [6.45, 7) is 3.02. The van der Waals surface area contributed by atoms with Crippen LogP contribution < -0.4 is 5.73 Å². The van der Waals surface area contributed by atoms with E-state index in [1.54, 1.807) is 0 Å². The molecule has 98 valence electrons. The second-order valence-corrected chi connectivity index (χ2v) is 5.65. The fourth-order valence-corrected chi connectivity index (χ4v) is 2.64. The highest BCUT2D eigenvalue weighted by Gasteiger charge is 2.08. The largest absolute Gasteiger partial charge is 0.342 e. The van der Waals surface area contributed by atoms with Gasteiger partial charge in [-0.25, -0.2) is 4.98 Å². The normalized spacial score (nSPS) is 13.1. The summed E-state index contributed by atoms with van der Waals surface area (Å²) in [4.78, 5) is 8.00. The number of aromatic nitrogens is 2. The van der Waals surface area contributed by atoms with E-state index in [1.807, 2.05) is 12.1 Å². The van der Waals surface area contributed by atoms with Crippen molar-refractivity contribution in [2.75, 3.05) is 6.54 Å². The highest BCUT2D eigenvalue weighted by atomic mass is 79.9. The molecule has 3 nitrogen and oxygen atoms in total. The second kappa shape index (κ2) is 6.34. The van der Waals surface area contributed by atoms with E-state index in [-0.39, 0.29) is 0 Å². The van der Waals surface area contributed by atoms with Crippen molar-refractivity contribution < 1.29 is 0 Å². The van der Waals surface area contributed by atoms with Gasteiger partial charge in [-0.05, 0) is 43.5 Å². The van der Waals surface area contributed by atoms with Crippen molar-refractivity contribution in [3.8, 4) is 0 Å². The van der Waals surface area contributed by atoms with Gasteiger partial charge in [0.2, 0.25) is 0 Å². The number of hydrogen-bond donors (Lipinski definition) is 2. The Kier molecular flexibility index (Phi) is 4.78. The van der Waals surface area contributed by atoms with E-state index >= 15 is 0 Å². The summed E-state index contributed by atoms with van der Waals surface area (Å²) < 4.78 is 1.08. The van der Waals surface area contributed by atoms with Crippen LogP contribution >= 0.6 is 15.9 Å². The molecule has 1 aromatic carbocycles. The van der Waals surface area contributed by atoms with Crippen molar-refractivity contribution in [2.45, 2.75) is 32.6 Å². The van der Waals surface area contributed by atoms with Crippen molar-refractivity contribution in [3.05, 3.63) is 28.5 Å². The van der Waals surface area contributed by atoms with E-state index in [0.717, 1.165) is 53.1 Å². The van der Waals surface area contributed by atoms with Crippen LogP contribution in [0.5, 0.6) is 0 Å². The van der Waals surface area contributed by atoms with E-state index in [9.17, 15) is 0 Å². The fraction of sp³-hybridized carbons (Fsp3) is 0.500. The third-order valence-corrected chi connectivity index (χ3v) is 3.93. The molecule has 0 aliphatic rings. The number of hydrogen-bond acceptors (Lipinski definition) is 2. The molecule has 1 heterocycles. The van der Waals surface area contributed by atoms with Crippen molar-refractivity contribution in [1.29, 1.82) is 0 Å². The predicted octanol–water partition coefficient (Wildman–Crippen LogP) is 3.63. The zero-order valence-electron chi connectivity index (χ0n) is 10.7. The molecule has 0 aliphatic carbocycles.